The molecule has 1 rings (SSSR count). The summed E-state index contributed by atoms with van der Waals surface area (Å²) in [5, 5.41) is 3.55. The SMILES string of the molecule is CC(C)(C)NCc1ccccc1SC(C)(C)C. The quantitative estimate of drug-likeness (QED) is 0.796. The fourth-order valence-corrected chi connectivity index (χ4v) is 2.52. The Hall–Kier alpha value is -0.470. The summed E-state index contributed by atoms with van der Waals surface area (Å²) < 4.78 is 0.262. The molecule has 0 unspecified atom stereocenters. The maximum atomic E-state index is 3.55. The zero-order valence-corrected chi connectivity index (χ0v) is 12.7. The number of nitrogens with one attached hydrogen (secondary N) is 1. The predicted octanol–water partition coefficient (Wildman–Crippen LogP) is 4.47. The Morgan fingerprint density at radius 2 is 1.59 bits per heavy atom. The molecule has 0 radical (unpaired) electrons. The molecule has 0 atom stereocenters. The topological polar surface area (TPSA) is 12.0 Å². The molecule has 0 aromatic heterocycles. The Kier molecular flexibility index (Phi) is 4.68. The van der Waals surface area contributed by atoms with Gasteiger partial charge in [-0.3, -0.25) is 0 Å². The van der Waals surface area contributed by atoms with Crippen molar-refractivity contribution >= 4 is 11.8 Å². The van der Waals surface area contributed by atoms with Crippen molar-refractivity contribution in [1.29, 1.82) is 0 Å². The van der Waals surface area contributed by atoms with Gasteiger partial charge in [-0.05, 0) is 32.4 Å². The van der Waals surface area contributed by atoms with Gasteiger partial charge in [0.2, 0.25) is 0 Å². The van der Waals surface area contributed by atoms with E-state index in [0.717, 1.165) is 6.54 Å². The molecule has 1 N–H and O–H groups in total. The van der Waals surface area contributed by atoms with Crippen LogP contribution in [0.25, 0.3) is 0 Å². The lowest BCUT2D eigenvalue weighted by atomic mass is 10.1. The molecular weight excluding hydrogens is 226 g/mol. The summed E-state index contributed by atoms with van der Waals surface area (Å²) in [7, 11) is 0. The lowest BCUT2D eigenvalue weighted by Gasteiger charge is -2.23. The largest absolute Gasteiger partial charge is 0.308 e. The molecule has 0 aliphatic carbocycles. The minimum Gasteiger partial charge on any atom is -0.308 e. The van der Waals surface area contributed by atoms with Gasteiger partial charge in [0.1, 0.15) is 0 Å². The Morgan fingerprint density at radius 1 is 1.00 bits per heavy atom. The maximum Gasteiger partial charge on any atom is 0.0221 e. The third-order valence-electron chi connectivity index (χ3n) is 2.20. The molecule has 0 aliphatic rings. The van der Waals surface area contributed by atoms with E-state index in [2.05, 4.69) is 71.1 Å². The maximum absolute atomic E-state index is 3.55. The van der Waals surface area contributed by atoms with Gasteiger partial charge in [-0.2, -0.15) is 0 Å². The van der Waals surface area contributed by atoms with Crippen LogP contribution in [0.2, 0.25) is 0 Å². The molecule has 0 saturated heterocycles. The van der Waals surface area contributed by atoms with Gasteiger partial charge in [-0.1, -0.05) is 39.0 Å². The first kappa shape index (κ1) is 14.6. The van der Waals surface area contributed by atoms with Crippen LogP contribution in [0.3, 0.4) is 0 Å². The molecule has 0 fully saturated rings. The van der Waals surface area contributed by atoms with Crippen LogP contribution in [-0.4, -0.2) is 10.3 Å². The van der Waals surface area contributed by atoms with Crippen LogP contribution in [0, 0.1) is 0 Å². The molecule has 0 amide bonds. The smallest absolute Gasteiger partial charge is 0.0221 e. The molecule has 0 saturated carbocycles. The number of hydrogen-bond acceptors (Lipinski definition) is 2. The van der Waals surface area contributed by atoms with Crippen LogP contribution in [0.15, 0.2) is 29.2 Å². The van der Waals surface area contributed by atoms with Crippen LogP contribution in [0.1, 0.15) is 47.1 Å². The lowest BCUT2D eigenvalue weighted by molar-refractivity contribution is 0.422. The molecule has 96 valence electrons. The Labute approximate surface area is 110 Å². The lowest BCUT2D eigenvalue weighted by Crippen LogP contribution is -2.35. The highest BCUT2D eigenvalue weighted by Crippen LogP contribution is 2.34. The molecule has 1 aromatic rings. The number of thioether (sulfide) groups is 1. The minimum absolute atomic E-state index is 0.166. The summed E-state index contributed by atoms with van der Waals surface area (Å²) in [6.07, 6.45) is 0. The van der Waals surface area contributed by atoms with E-state index in [-0.39, 0.29) is 10.3 Å². The van der Waals surface area contributed by atoms with Gasteiger partial charge in [0.05, 0.1) is 0 Å². The van der Waals surface area contributed by atoms with E-state index < -0.39 is 0 Å². The van der Waals surface area contributed by atoms with Gasteiger partial charge in [0, 0.05) is 21.7 Å². The monoisotopic (exact) mass is 251 g/mol. The summed E-state index contributed by atoms with van der Waals surface area (Å²) in [4.78, 5) is 1.39. The second-order valence-electron chi connectivity index (χ2n) is 6.43. The molecule has 0 aliphatic heterocycles. The number of rotatable bonds is 3. The summed E-state index contributed by atoms with van der Waals surface area (Å²) in [6.45, 7) is 14.3. The van der Waals surface area contributed by atoms with Gasteiger partial charge in [0.25, 0.3) is 0 Å². The van der Waals surface area contributed by atoms with Crippen molar-refractivity contribution in [3.63, 3.8) is 0 Å². The fraction of sp³-hybridized carbons (Fsp3) is 0.600. The fourth-order valence-electron chi connectivity index (χ4n) is 1.44. The van der Waals surface area contributed by atoms with Crippen molar-refractivity contribution in [1.82, 2.24) is 5.32 Å². The summed E-state index contributed by atoms with van der Waals surface area (Å²) in [6, 6.07) is 8.67. The minimum atomic E-state index is 0.166. The van der Waals surface area contributed by atoms with E-state index in [1.54, 1.807) is 0 Å². The van der Waals surface area contributed by atoms with Gasteiger partial charge >= 0.3 is 0 Å². The predicted molar refractivity (Wildman–Crippen MR) is 78.6 cm³/mol. The Bertz CT molecular complexity index is 358. The average Bonchev–Trinajstić information content (AvgIpc) is 2.12. The van der Waals surface area contributed by atoms with E-state index in [0.29, 0.717) is 0 Å². The first-order valence-electron chi connectivity index (χ1n) is 6.19. The Morgan fingerprint density at radius 3 is 2.12 bits per heavy atom. The van der Waals surface area contributed by atoms with Gasteiger partial charge in [0.15, 0.2) is 0 Å². The second kappa shape index (κ2) is 5.45. The molecule has 1 nitrogen and oxygen atoms in total. The summed E-state index contributed by atoms with van der Waals surface area (Å²) in [5.41, 5.74) is 1.56. The van der Waals surface area contributed by atoms with Crippen LogP contribution < -0.4 is 5.32 Å². The Balaban J connectivity index is 2.78. The van der Waals surface area contributed by atoms with E-state index in [9.17, 15) is 0 Å². The molecule has 0 bridgehead atoms. The standard InChI is InChI=1S/C15H25NS/c1-14(2,3)16-11-12-9-7-8-10-13(12)17-15(4,5)6/h7-10,16H,11H2,1-6H3. The molecule has 0 heterocycles. The van der Waals surface area contributed by atoms with Crippen molar-refractivity contribution in [2.75, 3.05) is 0 Å². The van der Waals surface area contributed by atoms with E-state index in [1.807, 2.05) is 11.8 Å². The normalized spacial score (nSPS) is 12.8. The van der Waals surface area contributed by atoms with E-state index in [4.69, 9.17) is 0 Å². The van der Waals surface area contributed by atoms with E-state index in [1.165, 1.54) is 10.5 Å². The summed E-state index contributed by atoms with van der Waals surface area (Å²) in [5.74, 6) is 0. The number of benzene rings is 1. The molecule has 1 aromatic carbocycles. The van der Waals surface area contributed by atoms with Crippen LogP contribution in [0.4, 0.5) is 0 Å². The second-order valence-corrected chi connectivity index (χ2v) is 8.29. The van der Waals surface area contributed by atoms with Crippen molar-refractivity contribution in [2.24, 2.45) is 0 Å². The van der Waals surface area contributed by atoms with Crippen molar-refractivity contribution in [2.45, 2.75) is 63.3 Å². The third kappa shape index (κ3) is 6.13. The molecule has 0 spiro atoms. The summed E-state index contributed by atoms with van der Waals surface area (Å²) >= 11 is 1.94. The van der Waals surface area contributed by atoms with Gasteiger partial charge in [-0.15, -0.1) is 11.8 Å². The zero-order chi connectivity index (χ0) is 13.1. The highest BCUT2D eigenvalue weighted by molar-refractivity contribution is 8.00. The molecule has 17 heavy (non-hydrogen) atoms. The van der Waals surface area contributed by atoms with Crippen LogP contribution in [0.5, 0.6) is 0 Å². The van der Waals surface area contributed by atoms with E-state index >= 15 is 0 Å². The van der Waals surface area contributed by atoms with Crippen molar-refractivity contribution in [3.05, 3.63) is 29.8 Å². The molecular formula is C15H25NS. The zero-order valence-electron chi connectivity index (χ0n) is 11.9. The van der Waals surface area contributed by atoms with Crippen molar-refractivity contribution in [3.8, 4) is 0 Å². The van der Waals surface area contributed by atoms with Gasteiger partial charge in [-0.25, -0.2) is 0 Å². The molecule has 2 heteroatoms. The van der Waals surface area contributed by atoms with Gasteiger partial charge < -0.3 is 5.32 Å². The average molecular weight is 251 g/mol. The first-order valence-corrected chi connectivity index (χ1v) is 7.01. The highest BCUT2D eigenvalue weighted by atomic mass is 32.2. The first-order chi connectivity index (χ1) is 7.67. The van der Waals surface area contributed by atoms with Crippen LogP contribution >= 0.6 is 11.8 Å². The van der Waals surface area contributed by atoms with Crippen LogP contribution in [-0.2, 0) is 6.54 Å². The van der Waals surface area contributed by atoms with Crippen molar-refractivity contribution < 1.29 is 0 Å². The highest BCUT2D eigenvalue weighted by Gasteiger charge is 2.15. The number of hydrogen-bond donors (Lipinski definition) is 1. The third-order valence-corrected chi connectivity index (χ3v) is 3.43.